The molecule has 0 saturated carbocycles. The number of nitrogens with zero attached hydrogens (tertiary/aromatic N) is 6. The van der Waals surface area contributed by atoms with Gasteiger partial charge in [-0.3, -0.25) is 0 Å². The molecule has 0 atom stereocenters. The number of aromatic nitrogens is 1. The van der Waals surface area contributed by atoms with Crippen LogP contribution in [0.3, 0.4) is 0 Å². The van der Waals surface area contributed by atoms with Crippen molar-refractivity contribution in [3.05, 3.63) is 415 Å². The molecular weight excluding hydrogens is 1640 g/mol. The van der Waals surface area contributed by atoms with Crippen molar-refractivity contribution in [3.63, 3.8) is 0 Å². The third-order valence-corrected chi connectivity index (χ3v) is 26.4. The summed E-state index contributed by atoms with van der Waals surface area (Å²) < 4.78 is 11.8. The van der Waals surface area contributed by atoms with Gasteiger partial charge in [0, 0.05) is 83.5 Å². The zero-order valence-corrected chi connectivity index (χ0v) is 83.4. The second-order valence-electron chi connectivity index (χ2n) is 37.0. The van der Waals surface area contributed by atoms with Gasteiger partial charge >= 0.3 is 115 Å². The Morgan fingerprint density at radius 3 is 0.785 bits per heavy atom. The minimum atomic E-state index is -0.430. The van der Waals surface area contributed by atoms with Crippen LogP contribution in [-0.2, 0) is 16.4 Å². The predicted molar refractivity (Wildman–Crippen MR) is 566 cm³/mol. The third-order valence-electron chi connectivity index (χ3n) is 24.1. The van der Waals surface area contributed by atoms with E-state index < -0.39 is 5.41 Å². The molecule has 1 aliphatic carbocycles. The normalized spacial score (nSPS) is 13.5. The first-order valence-corrected chi connectivity index (χ1v) is 49.0. The van der Waals surface area contributed by atoms with Crippen LogP contribution in [0, 0.1) is 0 Å². The van der Waals surface area contributed by atoms with Crippen molar-refractivity contribution >= 4 is 108 Å². The molecule has 6 heterocycles. The number of rotatable bonds is 1. The van der Waals surface area contributed by atoms with E-state index in [1.54, 1.807) is 0 Å². The Morgan fingerprint density at radius 2 is 0.446 bits per heavy atom. The largest absolute Gasteiger partial charge is 0.335 e. The summed E-state index contributed by atoms with van der Waals surface area (Å²) in [6.07, 6.45) is 0. The fourth-order valence-corrected chi connectivity index (χ4v) is 22.1. The molecule has 0 unspecified atom stereocenters. The topological polar surface area (TPSA) is 30.4 Å². The van der Waals surface area contributed by atoms with E-state index in [1.165, 1.54) is 149 Å². The van der Waals surface area contributed by atoms with E-state index >= 15 is 0 Å². The van der Waals surface area contributed by atoms with Gasteiger partial charge < -0.3 is 28.9 Å². The molecule has 8 heteroatoms. The van der Waals surface area contributed by atoms with Crippen LogP contribution in [0.15, 0.2) is 370 Å². The summed E-state index contributed by atoms with van der Waals surface area (Å²) in [7, 11) is 0. The van der Waals surface area contributed by atoms with Crippen molar-refractivity contribution < 1.29 is 4.74 Å². The quantitative estimate of drug-likeness (QED) is 0.152. The first-order valence-electron chi connectivity index (χ1n) is 47.3. The van der Waals surface area contributed by atoms with Crippen LogP contribution >= 0.6 is 0 Å². The standard InChI is InChI=1S/C29H25NO.C29H25N.C22H22N2.C16H17NSe.C16H17N.5C2H6/c1-28(2,3)30-24-16-8-4-12-20(24)29(21-13-5-9-17-25(21)30)22-14-6-10-18-26(22)31-27-19-11-7-15-23(27)29;1-28(2,3)30-26-18-10-8-16-24(26)29(25-17-9-11-19-27(25)30)22-14-6-4-12-20(22)21-13-5-7-15-23(21)29;1-22(2,3)24-20-15-9-7-13-18(20)23(17-11-5-4-6-12-17)19-14-8-10-16-21(19)24;1-16(2,3)17-12-8-4-6-10-14(12)18-15-11-7-5-9-13(15)17;1-16(2,3)17-14-10-6-4-8-12(14)13-9-5-7-11-15(13)17;5*1-2/h4-19H,1-3H3;4-19H,1-3H3;4-16H,1-3H3;4-11H,1-3H3;4-11H,1-3H3;5*1-2H3. The smallest absolute Gasteiger partial charge is 0.0496 e. The molecule has 0 bridgehead atoms. The summed E-state index contributed by atoms with van der Waals surface area (Å²) in [5.74, 6) is 1.85. The van der Waals surface area contributed by atoms with Crippen molar-refractivity contribution in [2.45, 2.75) is 212 Å². The van der Waals surface area contributed by atoms with Crippen molar-refractivity contribution in [1.82, 2.24) is 4.57 Å². The average Bonchev–Trinajstić information content (AvgIpc) is 1.26. The molecule has 6 aliphatic rings. The summed E-state index contributed by atoms with van der Waals surface area (Å²) in [5, 5.41) is 2.69. The van der Waals surface area contributed by atoms with Gasteiger partial charge in [-0.25, -0.2) is 0 Å². The van der Waals surface area contributed by atoms with Crippen molar-refractivity contribution in [2.75, 3.05) is 24.5 Å². The zero-order valence-electron chi connectivity index (χ0n) is 81.7. The Labute approximate surface area is 785 Å². The monoisotopic (exact) mass is 1780 g/mol. The number of hydrogen-bond donors (Lipinski definition) is 0. The van der Waals surface area contributed by atoms with Gasteiger partial charge in [-0.1, -0.05) is 306 Å². The second kappa shape index (κ2) is 39.8. The molecule has 15 aromatic carbocycles. The van der Waals surface area contributed by atoms with Gasteiger partial charge in [0.1, 0.15) is 11.5 Å². The van der Waals surface area contributed by atoms with Gasteiger partial charge in [0.05, 0.1) is 33.6 Å². The predicted octanol–water partition coefficient (Wildman–Crippen LogP) is 33.4. The van der Waals surface area contributed by atoms with Gasteiger partial charge in [0.15, 0.2) is 0 Å². The minimum Gasteiger partial charge on any atom is -0.335 e. The molecule has 130 heavy (non-hydrogen) atoms. The van der Waals surface area contributed by atoms with Crippen LogP contribution in [0.25, 0.3) is 32.9 Å². The van der Waals surface area contributed by atoms with E-state index in [-0.39, 0.29) is 33.1 Å². The Morgan fingerprint density at radius 1 is 0.208 bits per heavy atom. The molecule has 5 aliphatic heterocycles. The maximum atomic E-state index is 6.42. The molecule has 2 spiro atoms. The van der Waals surface area contributed by atoms with Crippen LogP contribution < -0.4 is 38.2 Å². The molecule has 0 radical (unpaired) electrons. The van der Waals surface area contributed by atoms with Crippen molar-refractivity contribution in [1.29, 1.82) is 0 Å². The number of anilines is 11. The summed E-state index contributed by atoms with van der Waals surface area (Å²) >= 11 is 0.426. The first kappa shape index (κ1) is 95.0. The number of fused-ring (bicyclic) bond motifs is 24. The molecule has 666 valence electrons. The first-order chi connectivity index (χ1) is 62.8. The molecule has 0 fully saturated rings. The Hall–Kier alpha value is -12.6. The molecule has 22 rings (SSSR count). The number of ether oxygens (including phenoxy) is 1. The molecule has 1 aromatic heterocycles. The van der Waals surface area contributed by atoms with E-state index in [0.29, 0.717) is 15.0 Å². The van der Waals surface area contributed by atoms with Crippen molar-refractivity contribution in [3.8, 4) is 22.6 Å². The summed E-state index contributed by atoms with van der Waals surface area (Å²) in [4.78, 5) is 12.3. The Balaban J connectivity index is 0.000000137. The van der Waals surface area contributed by atoms with E-state index in [4.69, 9.17) is 4.74 Å². The SMILES string of the molecule is CC.CC.CC.CC.CC.CC(C)(C)N1c2ccccc2C2(c3ccccc3-c3ccccc32)c2ccccc21.CC(C)(C)N1c2ccccc2C2(c3ccccc3Oc3ccccc32)c2ccccc21.CC(C)(C)N1c2ccccc2N(c2ccccc2)c2ccccc21.CC(C)(C)N1c2ccccc2[Se]c2ccccc21.CC(C)(C)n1c2ccccc2c2ccccc21. The average molecular weight is 1780 g/mol. The zero-order chi connectivity index (χ0) is 93.3. The van der Waals surface area contributed by atoms with Crippen LogP contribution in [0.4, 0.5) is 62.6 Å². The van der Waals surface area contributed by atoms with E-state index in [9.17, 15) is 0 Å². The minimum absolute atomic E-state index is 0.00498. The van der Waals surface area contributed by atoms with Crippen molar-refractivity contribution in [2.24, 2.45) is 0 Å². The molecular formula is C122H136N6OSe. The molecule has 0 amide bonds. The van der Waals surface area contributed by atoms with Crippen LogP contribution in [0.2, 0.25) is 0 Å². The Bertz CT molecular complexity index is 6200. The van der Waals surface area contributed by atoms with Crippen LogP contribution in [0.1, 0.15) is 218 Å². The van der Waals surface area contributed by atoms with Crippen LogP contribution in [-0.4, -0.2) is 41.7 Å². The molecule has 16 aromatic rings. The van der Waals surface area contributed by atoms with Gasteiger partial charge in [-0.05, 0) is 213 Å². The number of benzene rings is 15. The third kappa shape index (κ3) is 17.3. The number of hydrogen-bond acceptors (Lipinski definition) is 6. The van der Waals surface area contributed by atoms with Gasteiger partial charge in [-0.2, -0.15) is 0 Å². The van der Waals surface area contributed by atoms with E-state index in [2.05, 4.69) is 503 Å². The second-order valence-corrected chi connectivity index (χ2v) is 39.3. The maximum absolute atomic E-state index is 6.42. The molecule has 7 nitrogen and oxygen atoms in total. The van der Waals surface area contributed by atoms with Gasteiger partial charge in [0.2, 0.25) is 0 Å². The van der Waals surface area contributed by atoms with Crippen LogP contribution in [0.5, 0.6) is 11.5 Å². The fraction of sp³-hybridized carbons (Fsp3) is 0.262. The summed E-state index contributed by atoms with van der Waals surface area (Å²) in [6.45, 7) is 54.1. The van der Waals surface area contributed by atoms with Gasteiger partial charge in [-0.15, -0.1) is 0 Å². The summed E-state index contributed by atoms with van der Waals surface area (Å²) in [5.41, 5.74) is 29.2. The fourth-order valence-electron chi connectivity index (χ4n) is 19.9. The molecule has 0 N–H and O–H groups in total. The Kier molecular flexibility index (Phi) is 29.1. The van der Waals surface area contributed by atoms with Gasteiger partial charge in [0.25, 0.3) is 0 Å². The summed E-state index contributed by atoms with van der Waals surface area (Å²) in [6, 6.07) is 133. The van der Waals surface area contributed by atoms with E-state index in [0.717, 1.165) is 11.5 Å². The number of para-hydroxylation sites is 15. The maximum Gasteiger partial charge on any atom is 0.0496 e. The molecule has 0 saturated heterocycles. The van der Waals surface area contributed by atoms with E-state index in [1.807, 2.05) is 69.2 Å².